The van der Waals surface area contributed by atoms with E-state index in [1.165, 1.54) is 12.0 Å². The smallest absolute Gasteiger partial charge is 0.411 e. The average molecular weight is 295 g/mol. The zero-order valence-corrected chi connectivity index (χ0v) is 13.6. The highest BCUT2D eigenvalue weighted by molar-refractivity contribution is 5.86. The number of hydrogen-bond donors (Lipinski definition) is 0. The van der Waals surface area contributed by atoms with Crippen LogP contribution < -0.4 is 0 Å². The van der Waals surface area contributed by atoms with E-state index in [2.05, 4.69) is 11.8 Å². The Labute approximate surface area is 127 Å². The number of likely N-dealkylation sites (tertiary alicyclic amines) is 1. The van der Waals surface area contributed by atoms with Crippen molar-refractivity contribution in [3.63, 3.8) is 0 Å². The number of amides is 1. The van der Waals surface area contributed by atoms with Gasteiger partial charge < -0.3 is 9.47 Å². The summed E-state index contributed by atoms with van der Waals surface area (Å²) < 4.78 is 10.4. The number of hydrogen-bond acceptors (Lipinski definition) is 4. The number of carbonyl (C=O) groups excluding carboxylic acids is 2. The van der Waals surface area contributed by atoms with E-state index >= 15 is 0 Å². The van der Waals surface area contributed by atoms with Gasteiger partial charge in [-0.05, 0) is 47.0 Å². The van der Waals surface area contributed by atoms with Crippen molar-refractivity contribution in [1.29, 1.82) is 0 Å². The van der Waals surface area contributed by atoms with Crippen LogP contribution in [0.1, 0.15) is 53.4 Å². The van der Waals surface area contributed by atoms with Crippen LogP contribution in [0, 0.1) is 11.8 Å². The molecule has 1 saturated heterocycles. The average Bonchev–Trinajstić information content (AvgIpc) is 2.81. The number of methoxy groups -OCH3 is 1. The van der Waals surface area contributed by atoms with Gasteiger partial charge in [-0.15, -0.1) is 11.8 Å². The molecule has 0 aromatic carbocycles. The third-order valence-electron chi connectivity index (χ3n) is 3.51. The lowest BCUT2D eigenvalue weighted by Crippen LogP contribution is -2.54. The Morgan fingerprint density at radius 3 is 2.52 bits per heavy atom. The molecule has 0 aliphatic carbocycles. The van der Waals surface area contributed by atoms with Crippen molar-refractivity contribution in [2.24, 2.45) is 0 Å². The number of ether oxygens (including phenoxy) is 2. The van der Waals surface area contributed by atoms with E-state index in [4.69, 9.17) is 9.47 Å². The zero-order valence-electron chi connectivity index (χ0n) is 13.6. The summed E-state index contributed by atoms with van der Waals surface area (Å²) in [5.74, 6) is 5.38. The van der Waals surface area contributed by atoms with Gasteiger partial charge in [-0.2, -0.15) is 0 Å². The normalized spacial score (nSPS) is 21.5. The van der Waals surface area contributed by atoms with Crippen molar-refractivity contribution in [2.75, 3.05) is 13.7 Å². The summed E-state index contributed by atoms with van der Waals surface area (Å²) in [6.45, 7) is 7.69. The Morgan fingerprint density at radius 2 is 2.00 bits per heavy atom. The Morgan fingerprint density at radius 1 is 1.33 bits per heavy atom. The third kappa shape index (κ3) is 4.13. The van der Waals surface area contributed by atoms with Crippen LogP contribution >= 0.6 is 0 Å². The highest BCUT2D eigenvalue weighted by Crippen LogP contribution is 2.36. The quantitative estimate of drug-likeness (QED) is 0.593. The molecule has 1 rings (SSSR count). The third-order valence-corrected chi connectivity index (χ3v) is 3.51. The summed E-state index contributed by atoms with van der Waals surface area (Å²) in [5.41, 5.74) is -1.54. The Bertz CT molecular complexity index is 455. The van der Waals surface area contributed by atoms with E-state index in [9.17, 15) is 9.59 Å². The molecule has 0 radical (unpaired) electrons. The lowest BCUT2D eigenvalue weighted by atomic mass is 9.90. The largest absolute Gasteiger partial charge is 0.467 e. The molecule has 5 nitrogen and oxygen atoms in total. The summed E-state index contributed by atoms with van der Waals surface area (Å²) in [6, 6.07) is 0. The first-order chi connectivity index (χ1) is 9.77. The molecule has 0 bridgehead atoms. The van der Waals surface area contributed by atoms with Crippen LogP contribution in [0.25, 0.3) is 0 Å². The Hall–Kier alpha value is -1.70. The number of carbonyl (C=O) groups is 2. The van der Waals surface area contributed by atoms with Gasteiger partial charge in [0.05, 0.1) is 7.11 Å². The molecule has 0 aromatic heterocycles. The van der Waals surface area contributed by atoms with Crippen molar-refractivity contribution in [1.82, 2.24) is 4.90 Å². The van der Waals surface area contributed by atoms with Gasteiger partial charge in [-0.25, -0.2) is 9.59 Å². The lowest BCUT2D eigenvalue weighted by molar-refractivity contribution is -0.153. The van der Waals surface area contributed by atoms with Crippen LogP contribution in [-0.4, -0.2) is 41.8 Å². The fraction of sp³-hybridized carbons (Fsp3) is 0.750. The molecule has 0 N–H and O–H groups in total. The summed E-state index contributed by atoms with van der Waals surface area (Å²) in [6.07, 6.45) is 1.90. The number of nitrogens with zero attached hydrogens (tertiary/aromatic N) is 1. The van der Waals surface area contributed by atoms with Crippen molar-refractivity contribution < 1.29 is 19.1 Å². The maximum atomic E-state index is 12.4. The molecule has 1 unspecified atom stereocenters. The lowest BCUT2D eigenvalue weighted by Gasteiger charge is -2.36. The fourth-order valence-corrected chi connectivity index (χ4v) is 2.62. The van der Waals surface area contributed by atoms with E-state index in [0.29, 0.717) is 25.8 Å². The van der Waals surface area contributed by atoms with Crippen molar-refractivity contribution in [2.45, 2.75) is 64.5 Å². The topological polar surface area (TPSA) is 55.8 Å². The van der Waals surface area contributed by atoms with Gasteiger partial charge >= 0.3 is 12.1 Å². The van der Waals surface area contributed by atoms with E-state index in [0.717, 1.165) is 6.42 Å². The Balaban J connectivity index is 3.00. The first kappa shape index (κ1) is 17.4. The van der Waals surface area contributed by atoms with Crippen molar-refractivity contribution in [3.8, 4) is 11.8 Å². The summed E-state index contributed by atoms with van der Waals surface area (Å²) >= 11 is 0. The standard InChI is InChI=1S/C16H25NO4/c1-6-7-8-10-16(13(18)20-5)11-9-12-17(16)14(19)21-15(2,3)4/h8-12H2,1-5H3. The Kier molecular flexibility index (Phi) is 5.65. The minimum atomic E-state index is -0.944. The van der Waals surface area contributed by atoms with Crippen molar-refractivity contribution >= 4 is 12.1 Å². The highest BCUT2D eigenvalue weighted by Gasteiger charge is 2.51. The fourth-order valence-electron chi connectivity index (χ4n) is 2.62. The van der Waals surface area contributed by atoms with Gasteiger partial charge in [0.25, 0.3) is 0 Å². The first-order valence-electron chi connectivity index (χ1n) is 7.25. The minimum Gasteiger partial charge on any atom is -0.467 e. The second-order valence-corrected chi connectivity index (χ2v) is 6.19. The summed E-state index contributed by atoms with van der Waals surface area (Å²) in [5, 5.41) is 0. The minimum absolute atomic E-state index is 0.385. The predicted molar refractivity (Wildman–Crippen MR) is 79.6 cm³/mol. The van der Waals surface area contributed by atoms with Crippen LogP contribution in [0.3, 0.4) is 0 Å². The zero-order chi connectivity index (χ0) is 16.1. The summed E-state index contributed by atoms with van der Waals surface area (Å²) in [7, 11) is 1.35. The molecular formula is C16H25NO4. The molecule has 0 spiro atoms. The predicted octanol–water partition coefficient (Wildman–Crippen LogP) is 2.73. The number of rotatable bonds is 3. The molecule has 5 heteroatoms. The molecule has 0 aromatic rings. The molecule has 21 heavy (non-hydrogen) atoms. The highest BCUT2D eigenvalue weighted by atomic mass is 16.6. The molecule has 118 valence electrons. The van der Waals surface area contributed by atoms with Gasteiger partial charge in [-0.1, -0.05) is 0 Å². The SMILES string of the molecule is CC#CCCC1(C(=O)OC)CCCN1C(=O)OC(C)(C)C. The molecule has 1 aliphatic heterocycles. The first-order valence-corrected chi connectivity index (χ1v) is 7.25. The second-order valence-electron chi connectivity index (χ2n) is 6.19. The molecule has 1 fully saturated rings. The van der Waals surface area contributed by atoms with Crippen LogP contribution in [0.5, 0.6) is 0 Å². The number of esters is 1. The van der Waals surface area contributed by atoms with Gasteiger partial charge in [0.15, 0.2) is 0 Å². The van der Waals surface area contributed by atoms with Crippen LogP contribution in [0.15, 0.2) is 0 Å². The maximum absolute atomic E-state index is 12.4. The summed E-state index contributed by atoms with van der Waals surface area (Å²) in [4.78, 5) is 26.2. The van der Waals surface area contributed by atoms with Gasteiger partial charge in [-0.3, -0.25) is 4.90 Å². The van der Waals surface area contributed by atoms with E-state index in [1.807, 2.05) is 20.8 Å². The van der Waals surface area contributed by atoms with Crippen molar-refractivity contribution in [3.05, 3.63) is 0 Å². The van der Waals surface area contributed by atoms with Gasteiger partial charge in [0, 0.05) is 13.0 Å². The van der Waals surface area contributed by atoms with E-state index in [1.54, 1.807) is 6.92 Å². The molecule has 1 aliphatic rings. The monoisotopic (exact) mass is 295 g/mol. The molecule has 1 atom stereocenters. The molecular weight excluding hydrogens is 270 g/mol. The molecule has 1 amide bonds. The maximum Gasteiger partial charge on any atom is 0.411 e. The van der Waals surface area contributed by atoms with Crippen LogP contribution in [0.2, 0.25) is 0 Å². The van der Waals surface area contributed by atoms with Crippen LogP contribution in [-0.2, 0) is 14.3 Å². The van der Waals surface area contributed by atoms with Gasteiger partial charge in [0.2, 0.25) is 0 Å². The molecule has 0 saturated carbocycles. The van der Waals surface area contributed by atoms with E-state index < -0.39 is 17.2 Å². The molecule has 1 heterocycles. The van der Waals surface area contributed by atoms with E-state index in [-0.39, 0.29) is 5.97 Å². The van der Waals surface area contributed by atoms with Gasteiger partial charge in [0.1, 0.15) is 11.1 Å². The van der Waals surface area contributed by atoms with Crippen LogP contribution in [0.4, 0.5) is 4.79 Å². The second kappa shape index (κ2) is 6.84.